The molecule has 0 radical (unpaired) electrons. The number of aromatic nitrogens is 2. The second-order valence-corrected chi connectivity index (χ2v) is 7.72. The molecule has 1 N–H and O–H groups in total. The van der Waals surface area contributed by atoms with E-state index < -0.39 is 24.1 Å². The molecule has 1 aliphatic heterocycles. The van der Waals surface area contributed by atoms with Gasteiger partial charge >= 0.3 is 7.12 Å². The molecule has 27 heavy (non-hydrogen) atoms. The van der Waals surface area contributed by atoms with E-state index in [9.17, 15) is 9.18 Å². The van der Waals surface area contributed by atoms with E-state index in [-0.39, 0.29) is 16.9 Å². The first kappa shape index (κ1) is 17.9. The molecule has 0 saturated carbocycles. The Labute approximate surface area is 156 Å². The fourth-order valence-corrected chi connectivity index (χ4v) is 3.16. The third kappa shape index (κ3) is 2.87. The summed E-state index contributed by atoms with van der Waals surface area (Å²) in [5, 5.41) is 0.453. The molecule has 1 aromatic heterocycles. The van der Waals surface area contributed by atoms with Crippen LogP contribution in [0.25, 0.3) is 22.3 Å². The summed E-state index contributed by atoms with van der Waals surface area (Å²) in [6.45, 7) is 7.73. The molecule has 3 aromatic rings. The average Bonchev–Trinajstić information content (AvgIpc) is 2.82. The standard InChI is InChI=1S/C20H20BFN2O3/c1-19(2)20(3,4)27-21(26-19)13-9-7-10-14(22)16(13)17-23-15-11-6-5-8-12(15)18(25)24-17/h5-11H,1-4H3,(H,23,24,25). The van der Waals surface area contributed by atoms with Crippen LogP contribution in [0.15, 0.2) is 47.3 Å². The summed E-state index contributed by atoms with van der Waals surface area (Å²) in [7, 11) is -0.766. The minimum atomic E-state index is -0.766. The number of para-hydroxylation sites is 1. The van der Waals surface area contributed by atoms with E-state index in [1.165, 1.54) is 6.07 Å². The molecule has 1 aliphatic rings. The Bertz CT molecular complexity index is 1080. The summed E-state index contributed by atoms with van der Waals surface area (Å²) < 4.78 is 27.0. The third-order valence-electron chi connectivity index (χ3n) is 5.40. The van der Waals surface area contributed by atoms with Gasteiger partial charge in [0.2, 0.25) is 0 Å². The van der Waals surface area contributed by atoms with Crippen LogP contribution in [-0.2, 0) is 9.31 Å². The summed E-state index contributed by atoms with van der Waals surface area (Å²) in [6, 6.07) is 11.6. The van der Waals surface area contributed by atoms with Crippen LogP contribution in [0.5, 0.6) is 0 Å². The van der Waals surface area contributed by atoms with Gasteiger partial charge < -0.3 is 14.3 Å². The highest BCUT2D eigenvalue weighted by Crippen LogP contribution is 2.37. The maximum absolute atomic E-state index is 14.8. The first-order valence-corrected chi connectivity index (χ1v) is 8.83. The van der Waals surface area contributed by atoms with Crippen molar-refractivity contribution in [2.24, 2.45) is 0 Å². The van der Waals surface area contributed by atoms with Crippen molar-refractivity contribution in [3.8, 4) is 11.4 Å². The van der Waals surface area contributed by atoms with Crippen LogP contribution >= 0.6 is 0 Å². The lowest BCUT2D eigenvalue weighted by atomic mass is 9.75. The van der Waals surface area contributed by atoms with Crippen LogP contribution in [0.3, 0.4) is 0 Å². The molecular weight excluding hydrogens is 346 g/mol. The van der Waals surface area contributed by atoms with Crippen molar-refractivity contribution in [2.45, 2.75) is 38.9 Å². The number of halogens is 1. The lowest BCUT2D eigenvalue weighted by Crippen LogP contribution is -2.41. The van der Waals surface area contributed by atoms with Crippen molar-refractivity contribution in [3.63, 3.8) is 0 Å². The van der Waals surface area contributed by atoms with Crippen LogP contribution in [0.4, 0.5) is 4.39 Å². The Kier molecular flexibility index (Phi) is 3.98. The van der Waals surface area contributed by atoms with Crippen molar-refractivity contribution in [1.82, 2.24) is 9.97 Å². The van der Waals surface area contributed by atoms with Crippen LogP contribution in [0, 0.1) is 5.82 Å². The molecule has 2 heterocycles. The highest BCUT2D eigenvalue weighted by atomic mass is 19.1. The second-order valence-electron chi connectivity index (χ2n) is 7.72. The van der Waals surface area contributed by atoms with Crippen LogP contribution in [0.2, 0.25) is 0 Å². The summed E-state index contributed by atoms with van der Waals surface area (Å²) in [5.41, 5.74) is -0.277. The van der Waals surface area contributed by atoms with Gasteiger partial charge in [-0.05, 0) is 51.4 Å². The van der Waals surface area contributed by atoms with E-state index in [0.29, 0.717) is 16.4 Å². The van der Waals surface area contributed by atoms with Gasteiger partial charge in [0.1, 0.15) is 11.6 Å². The van der Waals surface area contributed by atoms with Gasteiger partial charge in [0, 0.05) is 0 Å². The third-order valence-corrected chi connectivity index (χ3v) is 5.40. The van der Waals surface area contributed by atoms with E-state index in [1.54, 1.807) is 36.4 Å². The topological polar surface area (TPSA) is 64.2 Å². The summed E-state index contributed by atoms with van der Waals surface area (Å²) >= 11 is 0. The molecule has 138 valence electrons. The highest BCUT2D eigenvalue weighted by molar-refractivity contribution is 6.63. The molecule has 7 heteroatoms. The van der Waals surface area contributed by atoms with E-state index >= 15 is 0 Å². The molecule has 0 spiro atoms. The Morgan fingerprint density at radius 1 is 1.00 bits per heavy atom. The van der Waals surface area contributed by atoms with Crippen LogP contribution in [0.1, 0.15) is 27.7 Å². The van der Waals surface area contributed by atoms with Gasteiger partial charge in [-0.25, -0.2) is 9.37 Å². The van der Waals surface area contributed by atoms with Crippen molar-refractivity contribution >= 4 is 23.5 Å². The van der Waals surface area contributed by atoms with Gasteiger partial charge in [0.05, 0.1) is 27.7 Å². The Morgan fingerprint density at radius 2 is 1.67 bits per heavy atom. The van der Waals surface area contributed by atoms with Crippen molar-refractivity contribution < 1.29 is 13.7 Å². The number of nitrogens with one attached hydrogen (secondary N) is 1. The van der Waals surface area contributed by atoms with Gasteiger partial charge in [-0.3, -0.25) is 4.79 Å². The van der Waals surface area contributed by atoms with Gasteiger partial charge in [0.15, 0.2) is 0 Å². The average molecular weight is 366 g/mol. The lowest BCUT2D eigenvalue weighted by molar-refractivity contribution is 0.00578. The largest absolute Gasteiger partial charge is 0.495 e. The molecule has 0 bridgehead atoms. The first-order valence-electron chi connectivity index (χ1n) is 8.83. The summed E-state index contributed by atoms with van der Waals surface area (Å²) in [4.78, 5) is 19.6. The molecule has 4 rings (SSSR count). The molecule has 5 nitrogen and oxygen atoms in total. The maximum Gasteiger partial charge on any atom is 0.495 e. The van der Waals surface area contributed by atoms with Crippen LogP contribution in [-0.4, -0.2) is 28.3 Å². The predicted octanol–water partition coefficient (Wildman–Crippen LogP) is 3.03. The van der Waals surface area contributed by atoms with E-state index in [1.807, 2.05) is 27.7 Å². The molecule has 1 fully saturated rings. The Hall–Kier alpha value is -2.51. The van der Waals surface area contributed by atoms with Crippen molar-refractivity contribution in [2.75, 3.05) is 0 Å². The van der Waals surface area contributed by atoms with E-state index in [2.05, 4.69) is 9.97 Å². The molecule has 1 saturated heterocycles. The molecule has 0 atom stereocenters. The minimum Gasteiger partial charge on any atom is -0.399 e. The predicted molar refractivity (Wildman–Crippen MR) is 103 cm³/mol. The second kappa shape index (κ2) is 6.01. The monoisotopic (exact) mass is 366 g/mol. The van der Waals surface area contributed by atoms with Gasteiger partial charge in [-0.1, -0.05) is 24.3 Å². The highest BCUT2D eigenvalue weighted by Gasteiger charge is 2.52. The molecular formula is C20H20BFN2O3. The number of benzene rings is 2. The zero-order chi connectivity index (χ0) is 19.4. The first-order chi connectivity index (χ1) is 12.7. The number of fused-ring (bicyclic) bond motifs is 1. The normalized spacial score (nSPS) is 18.2. The van der Waals surface area contributed by atoms with Gasteiger partial charge in [0.25, 0.3) is 5.56 Å². The number of aromatic amines is 1. The molecule has 0 amide bonds. The number of H-pyrrole nitrogens is 1. The SMILES string of the molecule is CC1(C)OB(c2cccc(F)c2-c2nc3ccccc3c(=O)[nH]2)OC1(C)C. The summed E-state index contributed by atoms with van der Waals surface area (Å²) in [6.07, 6.45) is 0. The Morgan fingerprint density at radius 3 is 2.37 bits per heavy atom. The van der Waals surface area contributed by atoms with E-state index in [0.717, 1.165) is 0 Å². The molecule has 2 aromatic carbocycles. The number of rotatable bonds is 2. The Balaban J connectivity index is 1.90. The van der Waals surface area contributed by atoms with Crippen LogP contribution < -0.4 is 11.0 Å². The van der Waals surface area contributed by atoms with Gasteiger partial charge in [-0.2, -0.15) is 0 Å². The quantitative estimate of drug-likeness (QED) is 0.709. The van der Waals surface area contributed by atoms with Crippen molar-refractivity contribution in [1.29, 1.82) is 0 Å². The van der Waals surface area contributed by atoms with Gasteiger partial charge in [-0.15, -0.1) is 0 Å². The fourth-order valence-electron chi connectivity index (χ4n) is 3.16. The zero-order valence-corrected chi connectivity index (χ0v) is 15.7. The molecule has 0 unspecified atom stereocenters. The summed E-state index contributed by atoms with van der Waals surface area (Å²) in [5.74, 6) is -0.345. The number of hydrogen-bond donors (Lipinski definition) is 1. The van der Waals surface area contributed by atoms with E-state index in [4.69, 9.17) is 9.31 Å². The lowest BCUT2D eigenvalue weighted by Gasteiger charge is -2.32. The number of hydrogen-bond acceptors (Lipinski definition) is 4. The van der Waals surface area contributed by atoms with Crippen molar-refractivity contribution in [3.05, 3.63) is 58.6 Å². The zero-order valence-electron chi connectivity index (χ0n) is 15.7. The fraction of sp³-hybridized carbons (Fsp3) is 0.300. The number of nitrogens with zero attached hydrogens (tertiary/aromatic N) is 1. The smallest absolute Gasteiger partial charge is 0.399 e. The minimum absolute atomic E-state index is 0.154. The maximum atomic E-state index is 14.8. The molecule has 0 aliphatic carbocycles.